The smallest absolute Gasteiger partial charge is 0.475 e. The number of amides is 1. The highest BCUT2D eigenvalue weighted by Crippen LogP contribution is 2.38. The van der Waals surface area contributed by atoms with Crippen LogP contribution in [0.15, 0.2) is 36.4 Å². The Hall–Kier alpha value is -2.75. The molecule has 2 atom stereocenters. The van der Waals surface area contributed by atoms with Crippen molar-refractivity contribution in [3.63, 3.8) is 0 Å². The third kappa shape index (κ3) is 9.38. The predicted octanol–water partition coefficient (Wildman–Crippen LogP) is 6.59. The SMILES string of the molecule is CN(C(=O)c1cc(C(F)(F)F)cc(C(F)(F)F)c1)[C@@H]1CCN(CCO)C[C@H]1c1ccc(Cl)c(Cl)c1.O=C(O)C(F)(F)F. The molecule has 0 saturated carbocycles. The van der Waals surface area contributed by atoms with Crippen LogP contribution in [-0.4, -0.2) is 77.4 Å². The summed E-state index contributed by atoms with van der Waals surface area (Å²) in [4.78, 5) is 25.2. The van der Waals surface area contributed by atoms with Crippen LogP contribution in [0.1, 0.15) is 39.4 Å². The van der Waals surface area contributed by atoms with Gasteiger partial charge in [0.1, 0.15) is 0 Å². The van der Waals surface area contributed by atoms with E-state index in [-0.39, 0.29) is 23.6 Å². The minimum absolute atomic E-state index is 0.0112. The van der Waals surface area contributed by atoms with Crippen molar-refractivity contribution >= 4 is 35.1 Å². The number of carboxylic acid groups (broad SMARTS) is 1. The fraction of sp³-hybridized carbons (Fsp3) is 0.440. The predicted molar refractivity (Wildman–Crippen MR) is 133 cm³/mol. The van der Waals surface area contributed by atoms with E-state index in [1.165, 1.54) is 11.9 Å². The molecule has 0 bridgehead atoms. The second-order valence-electron chi connectivity index (χ2n) is 9.17. The highest BCUT2D eigenvalue weighted by Gasteiger charge is 2.40. The van der Waals surface area contributed by atoms with E-state index in [2.05, 4.69) is 0 Å². The van der Waals surface area contributed by atoms with Crippen LogP contribution in [0.4, 0.5) is 39.5 Å². The summed E-state index contributed by atoms with van der Waals surface area (Å²) in [6, 6.07) is 5.20. The first-order valence-electron chi connectivity index (χ1n) is 11.8. The lowest BCUT2D eigenvalue weighted by Crippen LogP contribution is -2.51. The number of nitrogens with zero attached hydrogens (tertiary/aromatic N) is 2. The topological polar surface area (TPSA) is 81.1 Å². The van der Waals surface area contributed by atoms with Gasteiger partial charge in [-0.3, -0.25) is 4.79 Å². The fourth-order valence-electron chi connectivity index (χ4n) is 4.32. The summed E-state index contributed by atoms with van der Waals surface area (Å²) in [6.45, 7) is 1.12. The van der Waals surface area contributed by atoms with Gasteiger partial charge in [-0.15, -0.1) is 0 Å². The van der Waals surface area contributed by atoms with Crippen LogP contribution in [0.25, 0.3) is 0 Å². The van der Waals surface area contributed by atoms with Crippen molar-refractivity contribution in [1.29, 1.82) is 0 Å². The molecule has 2 aromatic rings. The van der Waals surface area contributed by atoms with Gasteiger partial charge < -0.3 is 20.0 Å². The van der Waals surface area contributed by atoms with Gasteiger partial charge in [-0.25, -0.2) is 4.79 Å². The number of aliphatic hydroxyl groups excluding tert-OH is 1. The van der Waals surface area contributed by atoms with Gasteiger partial charge in [-0.2, -0.15) is 39.5 Å². The summed E-state index contributed by atoms with van der Waals surface area (Å²) < 4.78 is 111. The summed E-state index contributed by atoms with van der Waals surface area (Å²) in [5.74, 6) is -4.10. The molecule has 2 N–H and O–H groups in total. The van der Waals surface area contributed by atoms with Gasteiger partial charge in [0.05, 0.1) is 27.8 Å². The maximum Gasteiger partial charge on any atom is 0.490 e. The number of hydrogen-bond donors (Lipinski definition) is 2. The molecular formula is C25H23Cl2F9N2O4. The van der Waals surface area contributed by atoms with Crippen LogP contribution in [0, 0.1) is 0 Å². The molecule has 1 fully saturated rings. The summed E-state index contributed by atoms with van der Waals surface area (Å²) in [5, 5.41) is 17.0. The van der Waals surface area contributed by atoms with Crippen LogP contribution < -0.4 is 0 Å². The molecule has 1 amide bonds. The monoisotopic (exact) mass is 656 g/mol. The summed E-state index contributed by atoms with van der Waals surface area (Å²) >= 11 is 12.2. The van der Waals surface area contributed by atoms with Crippen LogP contribution >= 0.6 is 23.2 Å². The number of rotatable bonds is 5. The highest BCUT2D eigenvalue weighted by atomic mass is 35.5. The average Bonchev–Trinajstić information content (AvgIpc) is 2.88. The lowest BCUT2D eigenvalue weighted by atomic mass is 9.84. The van der Waals surface area contributed by atoms with Crippen molar-refractivity contribution in [1.82, 2.24) is 9.80 Å². The normalized spacial score (nSPS) is 18.2. The number of benzene rings is 2. The minimum Gasteiger partial charge on any atom is -0.475 e. The average molecular weight is 657 g/mol. The molecule has 2 aromatic carbocycles. The number of alkyl halides is 9. The lowest BCUT2D eigenvalue weighted by Gasteiger charge is -2.43. The molecule has 0 aliphatic carbocycles. The lowest BCUT2D eigenvalue weighted by molar-refractivity contribution is -0.192. The van der Waals surface area contributed by atoms with E-state index in [1.807, 2.05) is 4.90 Å². The van der Waals surface area contributed by atoms with E-state index in [4.69, 9.17) is 33.1 Å². The van der Waals surface area contributed by atoms with Crippen molar-refractivity contribution in [2.75, 3.05) is 33.3 Å². The molecule has 0 spiro atoms. The van der Waals surface area contributed by atoms with E-state index in [9.17, 15) is 49.4 Å². The van der Waals surface area contributed by atoms with Gasteiger partial charge >= 0.3 is 24.5 Å². The van der Waals surface area contributed by atoms with Gasteiger partial charge in [-0.05, 0) is 42.3 Å². The molecule has 1 aliphatic heterocycles. The summed E-state index contributed by atoms with van der Waals surface area (Å²) in [5.41, 5.74) is -3.11. The van der Waals surface area contributed by atoms with Crippen molar-refractivity contribution in [2.24, 2.45) is 0 Å². The Bertz CT molecular complexity index is 1240. The third-order valence-corrected chi connectivity index (χ3v) is 7.08. The standard InChI is InChI=1S/C23H22Cl2F6N2O2.C2HF3O2/c1-32(21(35)14-8-15(22(26,27)28)11-16(9-14)23(29,30)31)20-4-5-33(6-7-34)12-17(20)13-2-3-18(24)19(25)10-13;3-2(4,5)1(6)7/h2-3,8-11,17,20,34H,4-7,12H2,1H3;(H,6,7)/t17-,20+;/m0./s1. The van der Waals surface area contributed by atoms with Gasteiger partial charge in [0.2, 0.25) is 0 Å². The number of carboxylic acids is 1. The van der Waals surface area contributed by atoms with Crippen molar-refractivity contribution in [3.8, 4) is 0 Å². The van der Waals surface area contributed by atoms with Crippen molar-refractivity contribution in [2.45, 2.75) is 36.9 Å². The van der Waals surface area contributed by atoms with E-state index >= 15 is 0 Å². The second kappa shape index (κ2) is 13.7. The Morgan fingerprint density at radius 1 is 0.929 bits per heavy atom. The van der Waals surface area contributed by atoms with Crippen molar-refractivity contribution < 1.29 is 59.3 Å². The number of aliphatic carboxylic acids is 1. The maximum absolute atomic E-state index is 13.3. The van der Waals surface area contributed by atoms with Gasteiger partial charge in [0, 0.05) is 44.2 Å². The molecule has 0 unspecified atom stereocenters. The number of aliphatic hydroxyl groups is 1. The maximum atomic E-state index is 13.3. The second-order valence-corrected chi connectivity index (χ2v) is 9.99. The molecule has 234 valence electrons. The first kappa shape index (κ1) is 35.4. The molecule has 17 heteroatoms. The Balaban J connectivity index is 0.000000782. The zero-order valence-electron chi connectivity index (χ0n) is 21.4. The zero-order chi connectivity index (χ0) is 32.2. The fourth-order valence-corrected chi connectivity index (χ4v) is 4.62. The molecule has 1 aliphatic rings. The molecule has 0 radical (unpaired) electrons. The largest absolute Gasteiger partial charge is 0.490 e. The molecular weight excluding hydrogens is 634 g/mol. The Morgan fingerprint density at radius 3 is 1.88 bits per heavy atom. The third-order valence-electron chi connectivity index (χ3n) is 6.34. The number of carbonyl (C=O) groups excluding carboxylic acids is 1. The number of hydrogen-bond acceptors (Lipinski definition) is 4. The first-order chi connectivity index (χ1) is 19.2. The van der Waals surface area contributed by atoms with Gasteiger partial charge in [-0.1, -0.05) is 29.3 Å². The van der Waals surface area contributed by atoms with E-state index < -0.39 is 53.1 Å². The summed E-state index contributed by atoms with van der Waals surface area (Å²) in [7, 11) is 1.35. The number of likely N-dealkylation sites (N-methyl/N-ethyl adjacent to an activating group) is 1. The van der Waals surface area contributed by atoms with E-state index in [0.29, 0.717) is 48.8 Å². The van der Waals surface area contributed by atoms with Gasteiger partial charge in [0.15, 0.2) is 0 Å². The van der Waals surface area contributed by atoms with Crippen LogP contribution in [0.2, 0.25) is 10.0 Å². The quantitative estimate of drug-likeness (QED) is 0.355. The van der Waals surface area contributed by atoms with Crippen LogP contribution in [0.3, 0.4) is 0 Å². The number of piperidine rings is 1. The molecule has 1 heterocycles. The zero-order valence-corrected chi connectivity index (χ0v) is 22.9. The van der Waals surface area contributed by atoms with Crippen LogP contribution in [0.5, 0.6) is 0 Å². The van der Waals surface area contributed by atoms with E-state index in [1.54, 1.807) is 18.2 Å². The van der Waals surface area contributed by atoms with Gasteiger partial charge in [0.25, 0.3) is 5.91 Å². The Kier molecular flexibility index (Phi) is 11.6. The number of carbonyl (C=O) groups is 2. The summed E-state index contributed by atoms with van der Waals surface area (Å²) in [6.07, 6.45) is -14.8. The van der Waals surface area contributed by atoms with Crippen LogP contribution in [-0.2, 0) is 17.1 Å². The molecule has 42 heavy (non-hydrogen) atoms. The number of likely N-dealkylation sites (tertiary alicyclic amines) is 1. The molecule has 1 saturated heterocycles. The Morgan fingerprint density at radius 2 is 1.45 bits per heavy atom. The molecule has 6 nitrogen and oxygen atoms in total. The molecule has 3 rings (SSSR count). The number of β-amino-alcohol motifs (C(OH)–C–C–N with tert-alkyl or cyclic N) is 1. The first-order valence-corrected chi connectivity index (χ1v) is 12.6. The highest BCUT2D eigenvalue weighted by molar-refractivity contribution is 6.42. The van der Waals surface area contributed by atoms with E-state index in [0.717, 1.165) is 0 Å². The minimum atomic E-state index is -5.08. The number of halogens is 11. The molecule has 0 aromatic heterocycles. The van der Waals surface area contributed by atoms with Crippen molar-refractivity contribution in [3.05, 3.63) is 68.7 Å². The Labute approximate surface area is 243 Å².